The van der Waals surface area contributed by atoms with E-state index in [-0.39, 0.29) is 23.3 Å². The molecule has 26 heavy (non-hydrogen) atoms. The predicted octanol–water partition coefficient (Wildman–Crippen LogP) is 2.02. The van der Waals surface area contributed by atoms with E-state index in [2.05, 4.69) is 15.5 Å². The number of amides is 2. The van der Waals surface area contributed by atoms with E-state index in [4.69, 9.17) is 0 Å². The fourth-order valence-electron chi connectivity index (χ4n) is 3.15. The van der Waals surface area contributed by atoms with Crippen molar-refractivity contribution in [3.8, 4) is 11.3 Å². The third-order valence-electron chi connectivity index (χ3n) is 4.55. The van der Waals surface area contributed by atoms with Gasteiger partial charge in [0.2, 0.25) is 11.8 Å². The molecule has 0 radical (unpaired) electrons. The van der Waals surface area contributed by atoms with E-state index >= 15 is 0 Å². The zero-order chi connectivity index (χ0) is 18.5. The van der Waals surface area contributed by atoms with Gasteiger partial charge in [-0.05, 0) is 31.0 Å². The second-order valence-electron chi connectivity index (χ2n) is 6.41. The summed E-state index contributed by atoms with van der Waals surface area (Å²) in [6, 6.07) is 10.4. The SMILES string of the molecule is CCC(=O)N1CCCC(C(=O)Nc2cccc(-c3ccc(=O)[nH]n3)c2)C1. The van der Waals surface area contributed by atoms with Gasteiger partial charge in [-0.3, -0.25) is 14.4 Å². The molecule has 1 saturated heterocycles. The van der Waals surface area contributed by atoms with Gasteiger partial charge in [0, 0.05) is 36.8 Å². The molecule has 2 aromatic rings. The first-order valence-corrected chi connectivity index (χ1v) is 8.81. The molecule has 1 aromatic heterocycles. The van der Waals surface area contributed by atoms with Crippen LogP contribution in [0.2, 0.25) is 0 Å². The van der Waals surface area contributed by atoms with Crippen molar-refractivity contribution in [3.05, 3.63) is 46.8 Å². The van der Waals surface area contributed by atoms with Gasteiger partial charge in [-0.15, -0.1) is 0 Å². The number of hydrogen-bond donors (Lipinski definition) is 2. The Morgan fingerprint density at radius 1 is 1.31 bits per heavy atom. The van der Waals surface area contributed by atoms with Crippen LogP contribution in [0.15, 0.2) is 41.2 Å². The van der Waals surface area contributed by atoms with Crippen LogP contribution < -0.4 is 10.9 Å². The average molecular weight is 354 g/mol. The fourth-order valence-corrected chi connectivity index (χ4v) is 3.15. The summed E-state index contributed by atoms with van der Waals surface area (Å²) >= 11 is 0. The number of nitrogens with zero attached hydrogens (tertiary/aromatic N) is 2. The topological polar surface area (TPSA) is 95.2 Å². The van der Waals surface area contributed by atoms with E-state index in [1.165, 1.54) is 6.07 Å². The van der Waals surface area contributed by atoms with Crippen LogP contribution in [0.3, 0.4) is 0 Å². The summed E-state index contributed by atoms with van der Waals surface area (Å²) in [4.78, 5) is 37.4. The van der Waals surface area contributed by atoms with E-state index in [0.29, 0.717) is 24.3 Å². The molecule has 7 heteroatoms. The summed E-state index contributed by atoms with van der Waals surface area (Å²) in [7, 11) is 0. The number of carbonyl (C=O) groups excluding carboxylic acids is 2. The third-order valence-corrected chi connectivity index (χ3v) is 4.55. The standard InChI is InChI=1S/C19H22N4O3/c1-2-18(25)23-10-4-6-14(12-23)19(26)20-15-7-3-5-13(11-15)16-8-9-17(24)22-21-16/h3,5,7-9,11,14H,2,4,6,10,12H2,1H3,(H,20,26)(H,22,24). The molecule has 136 valence electrons. The minimum Gasteiger partial charge on any atom is -0.342 e. The van der Waals surface area contributed by atoms with Gasteiger partial charge in [0.15, 0.2) is 0 Å². The van der Waals surface area contributed by atoms with E-state index in [1.807, 2.05) is 31.2 Å². The van der Waals surface area contributed by atoms with Gasteiger partial charge >= 0.3 is 0 Å². The number of carbonyl (C=O) groups is 2. The van der Waals surface area contributed by atoms with Gasteiger partial charge in [-0.1, -0.05) is 19.1 Å². The van der Waals surface area contributed by atoms with Crippen LogP contribution in [0.25, 0.3) is 11.3 Å². The quantitative estimate of drug-likeness (QED) is 0.878. The molecule has 0 aliphatic carbocycles. The van der Waals surface area contributed by atoms with Crippen molar-refractivity contribution in [1.82, 2.24) is 15.1 Å². The molecule has 1 aliphatic rings. The van der Waals surface area contributed by atoms with E-state index in [1.54, 1.807) is 11.0 Å². The number of likely N-dealkylation sites (tertiary alicyclic amines) is 1. The molecule has 1 unspecified atom stereocenters. The zero-order valence-electron chi connectivity index (χ0n) is 14.7. The molecule has 1 atom stereocenters. The van der Waals surface area contributed by atoms with E-state index in [9.17, 15) is 14.4 Å². The number of piperidine rings is 1. The minimum atomic E-state index is -0.262. The maximum absolute atomic E-state index is 12.6. The lowest BCUT2D eigenvalue weighted by Crippen LogP contribution is -2.43. The van der Waals surface area contributed by atoms with Crippen molar-refractivity contribution in [3.63, 3.8) is 0 Å². The normalized spacial score (nSPS) is 17.0. The van der Waals surface area contributed by atoms with Crippen LogP contribution in [-0.4, -0.2) is 40.0 Å². The number of nitrogens with one attached hydrogen (secondary N) is 2. The number of aromatic amines is 1. The highest BCUT2D eigenvalue weighted by atomic mass is 16.2. The molecule has 3 rings (SSSR count). The zero-order valence-corrected chi connectivity index (χ0v) is 14.7. The van der Waals surface area contributed by atoms with E-state index in [0.717, 1.165) is 24.9 Å². The van der Waals surface area contributed by atoms with Crippen molar-refractivity contribution in [2.75, 3.05) is 18.4 Å². The fraction of sp³-hybridized carbons (Fsp3) is 0.368. The van der Waals surface area contributed by atoms with Crippen molar-refractivity contribution in [1.29, 1.82) is 0 Å². The smallest absolute Gasteiger partial charge is 0.264 e. The van der Waals surface area contributed by atoms with Gasteiger partial charge in [0.1, 0.15) is 0 Å². The summed E-state index contributed by atoms with van der Waals surface area (Å²) in [5.74, 6) is -0.187. The molecule has 1 fully saturated rings. The van der Waals surface area contributed by atoms with Crippen LogP contribution in [0.1, 0.15) is 26.2 Å². The van der Waals surface area contributed by atoms with Gasteiger partial charge in [-0.25, -0.2) is 5.10 Å². The van der Waals surface area contributed by atoms with Gasteiger partial charge in [0.05, 0.1) is 11.6 Å². The lowest BCUT2D eigenvalue weighted by molar-refractivity contribution is -0.134. The highest BCUT2D eigenvalue weighted by Crippen LogP contribution is 2.22. The van der Waals surface area contributed by atoms with Gasteiger partial charge in [0.25, 0.3) is 5.56 Å². The van der Waals surface area contributed by atoms with Crippen molar-refractivity contribution in [2.24, 2.45) is 5.92 Å². The first-order chi connectivity index (χ1) is 12.6. The maximum atomic E-state index is 12.6. The number of benzene rings is 1. The Balaban J connectivity index is 1.69. The highest BCUT2D eigenvalue weighted by molar-refractivity contribution is 5.93. The van der Waals surface area contributed by atoms with Gasteiger partial charge in [-0.2, -0.15) is 5.10 Å². The second-order valence-corrected chi connectivity index (χ2v) is 6.41. The minimum absolute atomic E-state index is 0.0785. The largest absolute Gasteiger partial charge is 0.342 e. The molecule has 1 aliphatic heterocycles. The summed E-state index contributed by atoms with van der Waals surface area (Å²) in [5.41, 5.74) is 1.82. The van der Waals surface area contributed by atoms with Crippen molar-refractivity contribution < 1.29 is 9.59 Å². The Bertz CT molecular complexity index is 841. The number of hydrogen-bond acceptors (Lipinski definition) is 4. The summed E-state index contributed by atoms with van der Waals surface area (Å²) in [6.07, 6.45) is 2.08. The first kappa shape index (κ1) is 17.8. The average Bonchev–Trinajstić information content (AvgIpc) is 2.68. The monoisotopic (exact) mass is 354 g/mol. The molecular formula is C19H22N4O3. The Labute approximate surface area is 151 Å². The second kappa shape index (κ2) is 7.95. The Morgan fingerprint density at radius 2 is 2.15 bits per heavy atom. The molecule has 7 nitrogen and oxygen atoms in total. The summed E-state index contributed by atoms with van der Waals surface area (Å²) in [6.45, 7) is 3.03. The van der Waals surface area contributed by atoms with Crippen LogP contribution in [0, 0.1) is 5.92 Å². The van der Waals surface area contributed by atoms with Crippen LogP contribution in [0.5, 0.6) is 0 Å². The summed E-state index contributed by atoms with van der Waals surface area (Å²) < 4.78 is 0. The maximum Gasteiger partial charge on any atom is 0.264 e. The number of rotatable bonds is 4. The molecule has 0 bridgehead atoms. The molecule has 0 spiro atoms. The molecule has 2 amide bonds. The number of aromatic nitrogens is 2. The lowest BCUT2D eigenvalue weighted by Gasteiger charge is -2.31. The Kier molecular flexibility index (Phi) is 5.46. The molecule has 2 N–H and O–H groups in total. The number of anilines is 1. The third kappa shape index (κ3) is 4.17. The Hall–Kier alpha value is -2.96. The molecule has 0 saturated carbocycles. The van der Waals surface area contributed by atoms with Crippen molar-refractivity contribution >= 4 is 17.5 Å². The predicted molar refractivity (Wildman–Crippen MR) is 98.5 cm³/mol. The highest BCUT2D eigenvalue weighted by Gasteiger charge is 2.27. The number of H-pyrrole nitrogens is 1. The van der Waals surface area contributed by atoms with Crippen LogP contribution in [0.4, 0.5) is 5.69 Å². The van der Waals surface area contributed by atoms with Crippen LogP contribution >= 0.6 is 0 Å². The Morgan fingerprint density at radius 3 is 2.88 bits per heavy atom. The lowest BCUT2D eigenvalue weighted by atomic mass is 9.96. The summed E-state index contributed by atoms with van der Waals surface area (Å²) in [5, 5.41) is 9.34. The van der Waals surface area contributed by atoms with Gasteiger partial charge < -0.3 is 10.2 Å². The van der Waals surface area contributed by atoms with Crippen molar-refractivity contribution in [2.45, 2.75) is 26.2 Å². The van der Waals surface area contributed by atoms with Crippen LogP contribution in [-0.2, 0) is 9.59 Å². The molecular weight excluding hydrogens is 332 g/mol. The molecule has 1 aromatic carbocycles. The van der Waals surface area contributed by atoms with E-state index < -0.39 is 0 Å². The first-order valence-electron chi connectivity index (χ1n) is 8.81. The molecule has 2 heterocycles.